The summed E-state index contributed by atoms with van der Waals surface area (Å²) in [5.74, 6) is 0.148. The fourth-order valence-corrected chi connectivity index (χ4v) is 2.28. The van der Waals surface area contributed by atoms with Gasteiger partial charge in [0.1, 0.15) is 0 Å². The summed E-state index contributed by atoms with van der Waals surface area (Å²) in [6, 6.07) is 0.439. The summed E-state index contributed by atoms with van der Waals surface area (Å²) in [7, 11) is 0. The number of likely N-dealkylation sites (tertiary alicyclic amines) is 1. The molecule has 1 saturated heterocycles. The third kappa shape index (κ3) is 1.33. The van der Waals surface area contributed by atoms with E-state index in [2.05, 4.69) is 0 Å². The Morgan fingerprint density at radius 2 is 2.00 bits per heavy atom. The van der Waals surface area contributed by atoms with Crippen LogP contribution in [0.2, 0.25) is 0 Å². The minimum Gasteiger partial charge on any atom is -0.391 e. The average molecular weight is 169 g/mol. The van der Waals surface area contributed by atoms with Crippen molar-refractivity contribution < 1.29 is 9.90 Å². The number of aliphatic hydroxyl groups is 1. The van der Waals surface area contributed by atoms with Crippen LogP contribution in [0.25, 0.3) is 0 Å². The van der Waals surface area contributed by atoms with Gasteiger partial charge in [-0.15, -0.1) is 0 Å². The summed E-state index contributed by atoms with van der Waals surface area (Å²) in [6.45, 7) is 0.573. The van der Waals surface area contributed by atoms with E-state index in [9.17, 15) is 9.90 Å². The molecule has 1 aliphatic carbocycles. The highest BCUT2D eigenvalue weighted by molar-refractivity contribution is 5.79. The van der Waals surface area contributed by atoms with Crippen molar-refractivity contribution in [2.24, 2.45) is 0 Å². The highest BCUT2D eigenvalue weighted by atomic mass is 16.3. The van der Waals surface area contributed by atoms with E-state index in [1.165, 1.54) is 12.8 Å². The number of amides is 1. The molecule has 0 radical (unpaired) electrons. The van der Waals surface area contributed by atoms with Crippen LogP contribution in [0.4, 0.5) is 0 Å². The standard InChI is InChI=1S/C9H15NO2/c11-8-5-9(12)10(6-8)7-3-1-2-4-7/h7-8,11H,1-6H2. The van der Waals surface area contributed by atoms with Gasteiger partial charge in [0, 0.05) is 12.6 Å². The predicted molar refractivity (Wildman–Crippen MR) is 44.6 cm³/mol. The van der Waals surface area contributed by atoms with E-state index >= 15 is 0 Å². The van der Waals surface area contributed by atoms with Gasteiger partial charge in [0.25, 0.3) is 0 Å². The van der Waals surface area contributed by atoms with Gasteiger partial charge in [0.15, 0.2) is 0 Å². The monoisotopic (exact) mass is 169 g/mol. The van der Waals surface area contributed by atoms with Gasteiger partial charge in [-0.05, 0) is 12.8 Å². The lowest BCUT2D eigenvalue weighted by atomic mass is 10.2. The SMILES string of the molecule is O=C1CC(O)CN1C1CCCC1. The number of β-amino-alcohol motifs (C(OH)–C–C–N with tert-alkyl or cyclic N) is 1. The van der Waals surface area contributed by atoms with Crippen LogP contribution in [0.5, 0.6) is 0 Å². The zero-order chi connectivity index (χ0) is 8.55. The van der Waals surface area contributed by atoms with E-state index in [1.807, 2.05) is 4.90 Å². The molecule has 1 unspecified atom stereocenters. The minimum absolute atomic E-state index is 0.148. The maximum Gasteiger partial charge on any atom is 0.225 e. The number of hydrogen-bond acceptors (Lipinski definition) is 2. The van der Waals surface area contributed by atoms with Crippen LogP contribution in [-0.2, 0) is 4.79 Å². The Labute approximate surface area is 72.4 Å². The lowest BCUT2D eigenvalue weighted by Gasteiger charge is -2.23. The molecule has 1 saturated carbocycles. The van der Waals surface area contributed by atoms with E-state index in [4.69, 9.17) is 0 Å². The second-order valence-corrected chi connectivity index (χ2v) is 3.84. The summed E-state index contributed by atoms with van der Waals surface area (Å²) in [5.41, 5.74) is 0. The molecule has 0 aromatic carbocycles. The molecule has 1 N–H and O–H groups in total. The van der Waals surface area contributed by atoms with E-state index in [1.54, 1.807) is 0 Å². The first-order valence-electron chi connectivity index (χ1n) is 4.75. The third-order valence-corrected chi connectivity index (χ3v) is 2.90. The van der Waals surface area contributed by atoms with E-state index in [-0.39, 0.29) is 5.91 Å². The Bertz CT molecular complexity index is 187. The Hall–Kier alpha value is -0.570. The van der Waals surface area contributed by atoms with Gasteiger partial charge >= 0.3 is 0 Å². The summed E-state index contributed by atoms with van der Waals surface area (Å²) >= 11 is 0. The molecule has 0 aromatic rings. The molecule has 3 nitrogen and oxygen atoms in total. The fourth-order valence-electron chi connectivity index (χ4n) is 2.28. The number of carbonyl (C=O) groups excluding carboxylic acids is 1. The van der Waals surface area contributed by atoms with E-state index in [0.29, 0.717) is 19.0 Å². The average Bonchev–Trinajstić information content (AvgIpc) is 2.58. The molecular formula is C9H15NO2. The Morgan fingerprint density at radius 1 is 1.33 bits per heavy atom. The summed E-state index contributed by atoms with van der Waals surface area (Å²) in [5, 5.41) is 9.27. The number of nitrogens with zero attached hydrogens (tertiary/aromatic N) is 1. The summed E-state index contributed by atoms with van der Waals surface area (Å²) in [4.78, 5) is 13.2. The Balaban J connectivity index is 1.98. The van der Waals surface area contributed by atoms with Gasteiger partial charge in [0.2, 0.25) is 5.91 Å². The summed E-state index contributed by atoms with van der Waals surface area (Å²) in [6.07, 6.45) is 4.70. The molecule has 2 aliphatic rings. The zero-order valence-corrected chi connectivity index (χ0v) is 7.20. The first-order chi connectivity index (χ1) is 5.77. The molecule has 1 aliphatic heterocycles. The lowest BCUT2D eigenvalue weighted by molar-refractivity contribution is -0.129. The molecule has 1 heterocycles. The number of hydrogen-bond donors (Lipinski definition) is 1. The highest BCUT2D eigenvalue weighted by Gasteiger charge is 2.34. The predicted octanol–water partition coefficient (Wildman–Crippen LogP) is 0.522. The normalized spacial score (nSPS) is 31.9. The molecule has 0 aromatic heterocycles. The van der Waals surface area contributed by atoms with Crippen LogP contribution in [0.1, 0.15) is 32.1 Å². The molecule has 0 spiro atoms. The van der Waals surface area contributed by atoms with Gasteiger partial charge in [-0.2, -0.15) is 0 Å². The van der Waals surface area contributed by atoms with Crippen molar-refractivity contribution >= 4 is 5.91 Å². The molecular weight excluding hydrogens is 154 g/mol. The molecule has 12 heavy (non-hydrogen) atoms. The third-order valence-electron chi connectivity index (χ3n) is 2.90. The van der Waals surface area contributed by atoms with Crippen molar-refractivity contribution in [3.8, 4) is 0 Å². The minimum atomic E-state index is -0.405. The van der Waals surface area contributed by atoms with Crippen molar-refractivity contribution in [1.82, 2.24) is 4.90 Å². The lowest BCUT2D eigenvalue weighted by Crippen LogP contribution is -2.34. The van der Waals surface area contributed by atoms with Gasteiger partial charge in [-0.3, -0.25) is 4.79 Å². The second kappa shape index (κ2) is 3.05. The first kappa shape index (κ1) is 8.05. The maximum atomic E-state index is 11.3. The first-order valence-corrected chi connectivity index (χ1v) is 4.75. The quantitative estimate of drug-likeness (QED) is 0.621. The van der Waals surface area contributed by atoms with Gasteiger partial charge in [-0.25, -0.2) is 0 Å². The maximum absolute atomic E-state index is 11.3. The van der Waals surface area contributed by atoms with Crippen LogP contribution in [0.3, 0.4) is 0 Å². The molecule has 2 rings (SSSR count). The molecule has 0 bridgehead atoms. The van der Waals surface area contributed by atoms with E-state index < -0.39 is 6.10 Å². The summed E-state index contributed by atoms with van der Waals surface area (Å²) < 4.78 is 0. The largest absolute Gasteiger partial charge is 0.391 e. The highest BCUT2D eigenvalue weighted by Crippen LogP contribution is 2.26. The van der Waals surface area contributed by atoms with Crippen LogP contribution in [-0.4, -0.2) is 34.6 Å². The van der Waals surface area contributed by atoms with Crippen molar-refractivity contribution in [2.45, 2.75) is 44.2 Å². The zero-order valence-electron chi connectivity index (χ0n) is 7.20. The van der Waals surface area contributed by atoms with Crippen LogP contribution < -0.4 is 0 Å². The van der Waals surface area contributed by atoms with Gasteiger partial charge < -0.3 is 10.0 Å². The molecule has 1 atom stereocenters. The topological polar surface area (TPSA) is 40.5 Å². The van der Waals surface area contributed by atoms with Crippen LogP contribution >= 0.6 is 0 Å². The van der Waals surface area contributed by atoms with Crippen molar-refractivity contribution in [2.75, 3.05) is 6.54 Å². The number of rotatable bonds is 1. The second-order valence-electron chi connectivity index (χ2n) is 3.84. The Kier molecular flexibility index (Phi) is 2.05. The fraction of sp³-hybridized carbons (Fsp3) is 0.889. The van der Waals surface area contributed by atoms with Crippen molar-refractivity contribution in [1.29, 1.82) is 0 Å². The van der Waals surface area contributed by atoms with Crippen molar-refractivity contribution in [3.63, 3.8) is 0 Å². The number of carbonyl (C=O) groups is 1. The smallest absolute Gasteiger partial charge is 0.225 e. The molecule has 1 amide bonds. The number of aliphatic hydroxyl groups excluding tert-OH is 1. The molecule has 68 valence electrons. The van der Waals surface area contributed by atoms with Crippen LogP contribution in [0, 0.1) is 0 Å². The van der Waals surface area contributed by atoms with Crippen LogP contribution in [0.15, 0.2) is 0 Å². The van der Waals surface area contributed by atoms with E-state index in [0.717, 1.165) is 12.8 Å². The van der Waals surface area contributed by atoms with Crippen molar-refractivity contribution in [3.05, 3.63) is 0 Å². The molecule has 2 fully saturated rings. The molecule has 3 heteroatoms. The van der Waals surface area contributed by atoms with Gasteiger partial charge in [0.05, 0.1) is 12.5 Å². The Morgan fingerprint density at radius 3 is 2.50 bits per heavy atom. The van der Waals surface area contributed by atoms with Gasteiger partial charge in [-0.1, -0.05) is 12.8 Å².